The van der Waals surface area contributed by atoms with Crippen LogP contribution < -0.4 is 5.32 Å². The van der Waals surface area contributed by atoms with Gasteiger partial charge >= 0.3 is 0 Å². The quantitative estimate of drug-likeness (QED) is 0.885. The Morgan fingerprint density at radius 3 is 2.75 bits per heavy atom. The highest BCUT2D eigenvalue weighted by Crippen LogP contribution is 2.23. The maximum Gasteiger partial charge on any atom is 0.188 e. The number of halogens is 1. The largest absolute Gasteiger partial charge is 0.314 e. The molecule has 2 fully saturated rings. The summed E-state index contributed by atoms with van der Waals surface area (Å²) >= 11 is 1.63. The number of likely N-dealkylation sites (tertiary alicyclic amines) is 1. The first kappa shape index (κ1) is 17.7. The van der Waals surface area contributed by atoms with Crippen LogP contribution in [0.4, 0.5) is 0 Å². The van der Waals surface area contributed by atoms with E-state index >= 15 is 0 Å². The maximum absolute atomic E-state index is 4.71. The van der Waals surface area contributed by atoms with Crippen molar-refractivity contribution in [2.45, 2.75) is 19.0 Å². The van der Waals surface area contributed by atoms with E-state index in [0.29, 0.717) is 6.04 Å². The normalized spacial score (nSPS) is 22.4. The highest BCUT2D eigenvalue weighted by molar-refractivity contribution is 7.13. The highest BCUT2D eigenvalue weighted by atomic mass is 35.5. The Labute approximate surface area is 152 Å². The van der Waals surface area contributed by atoms with Crippen LogP contribution in [0.1, 0.15) is 12.1 Å². The van der Waals surface area contributed by atoms with Crippen LogP contribution >= 0.6 is 23.7 Å². The van der Waals surface area contributed by atoms with Gasteiger partial charge in [0.05, 0.1) is 5.69 Å². The molecule has 4 rings (SSSR count). The van der Waals surface area contributed by atoms with Crippen molar-refractivity contribution in [3.8, 4) is 10.8 Å². The van der Waals surface area contributed by atoms with E-state index in [9.17, 15) is 0 Å². The van der Waals surface area contributed by atoms with Gasteiger partial charge in [0, 0.05) is 69.6 Å². The first-order valence-corrected chi connectivity index (χ1v) is 9.15. The summed E-state index contributed by atoms with van der Waals surface area (Å²) in [6.07, 6.45) is 4.81. The number of nitrogens with one attached hydrogen (secondary N) is 1. The van der Waals surface area contributed by atoms with Gasteiger partial charge in [0.1, 0.15) is 0 Å². The van der Waals surface area contributed by atoms with E-state index in [2.05, 4.69) is 30.5 Å². The molecule has 2 aliphatic heterocycles. The number of thiazole rings is 1. The van der Waals surface area contributed by atoms with Crippen molar-refractivity contribution < 1.29 is 0 Å². The molecule has 0 spiro atoms. The van der Waals surface area contributed by atoms with Gasteiger partial charge in [-0.05, 0) is 12.5 Å². The van der Waals surface area contributed by atoms with Crippen LogP contribution in [0, 0.1) is 0 Å². The molecule has 0 saturated carbocycles. The number of piperazine rings is 1. The maximum atomic E-state index is 4.71. The summed E-state index contributed by atoms with van der Waals surface area (Å²) in [5.74, 6) is 0.726. The molecular weight excluding hydrogens is 344 g/mol. The molecule has 0 bridgehead atoms. The summed E-state index contributed by atoms with van der Waals surface area (Å²) in [6, 6.07) is 2.55. The third kappa shape index (κ3) is 4.10. The van der Waals surface area contributed by atoms with Gasteiger partial charge in [0.2, 0.25) is 0 Å². The average Bonchev–Trinajstić information content (AvgIpc) is 3.27. The minimum Gasteiger partial charge on any atom is -0.314 e. The van der Waals surface area contributed by atoms with Crippen LogP contribution in [0.3, 0.4) is 0 Å². The summed E-state index contributed by atoms with van der Waals surface area (Å²) in [4.78, 5) is 18.4. The smallest absolute Gasteiger partial charge is 0.188 e. The number of nitrogens with zero attached hydrogens (tertiary/aromatic N) is 5. The molecule has 1 N–H and O–H groups in total. The first-order chi connectivity index (χ1) is 11.4. The summed E-state index contributed by atoms with van der Waals surface area (Å²) in [7, 11) is 0. The fraction of sp³-hybridized carbons (Fsp3) is 0.562. The van der Waals surface area contributed by atoms with E-state index in [-0.39, 0.29) is 12.4 Å². The van der Waals surface area contributed by atoms with E-state index in [1.807, 2.05) is 6.07 Å². The van der Waals surface area contributed by atoms with Gasteiger partial charge in [0.15, 0.2) is 10.8 Å². The lowest BCUT2D eigenvalue weighted by atomic mass is 10.2. The molecule has 24 heavy (non-hydrogen) atoms. The Kier molecular flexibility index (Phi) is 6.13. The molecule has 130 valence electrons. The summed E-state index contributed by atoms with van der Waals surface area (Å²) < 4.78 is 0. The van der Waals surface area contributed by atoms with Gasteiger partial charge in [-0.25, -0.2) is 15.0 Å². The molecule has 6 nitrogen and oxygen atoms in total. The number of rotatable bonds is 4. The Balaban J connectivity index is 0.00000169. The van der Waals surface area contributed by atoms with E-state index in [1.54, 1.807) is 23.7 Å². The highest BCUT2D eigenvalue weighted by Gasteiger charge is 2.28. The molecule has 2 aromatic heterocycles. The molecular formula is C16H23ClN6S. The van der Waals surface area contributed by atoms with Crippen molar-refractivity contribution in [2.24, 2.45) is 0 Å². The lowest BCUT2D eigenvalue weighted by Gasteiger charge is -2.32. The van der Waals surface area contributed by atoms with Crippen molar-refractivity contribution in [2.75, 3.05) is 39.3 Å². The number of hydrogen-bond acceptors (Lipinski definition) is 7. The molecule has 2 aliphatic rings. The molecule has 8 heteroatoms. The van der Waals surface area contributed by atoms with Gasteiger partial charge in [-0.15, -0.1) is 23.7 Å². The lowest BCUT2D eigenvalue weighted by molar-refractivity contribution is 0.170. The lowest BCUT2D eigenvalue weighted by Crippen LogP contribution is -2.49. The van der Waals surface area contributed by atoms with Gasteiger partial charge in [0.25, 0.3) is 0 Å². The van der Waals surface area contributed by atoms with Crippen molar-refractivity contribution in [1.82, 2.24) is 30.1 Å². The van der Waals surface area contributed by atoms with Crippen LogP contribution in [0.5, 0.6) is 0 Å². The van der Waals surface area contributed by atoms with Crippen LogP contribution in [0.2, 0.25) is 0 Å². The van der Waals surface area contributed by atoms with Crippen molar-refractivity contribution >= 4 is 23.7 Å². The Hall–Kier alpha value is -1.12. The first-order valence-electron chi connectivity index (χ1n) is 8.27. The molecule has 4 heterocycles. The minimum atomic E-state index is 0. The zero-order valence-corrected chi connectivity index (χ0v) is 15.2. The standard InChI is InChI=1S/C16H22N6S.ClH/c1-3-18-15(19-4-1)16-20-13(12-23-16)10-21-7-2-14(11-21)22-8-5-17-6-9-22;/h1,3-4,12,14,17H,2,5-11H2;1H. The molecule has 1 unspecified atom stereocenters. The SMILES string of the molecule is Cl.c1cnc(-c2nc(CN3CCC(N4CCNCC4)C3)cs2)nc1. The van der Waals surface area contributed by atoms with Crippen LogP contribution in [0.15, 0.2) is 23.8 Å². The number of aromatic nitrogens is 3. The Morgan fingerprint density at radius 2 is 1.96 bits per heavy atom. The van der Waals surface area contributed by atoms with E-state index in [1.165, 1.54) is 26.1 Å². The fourth-order valence-electron chi connectivity index (χ4n) is 3.42. The van der Waals surface area contributed by atoms with Gasteiger partial charge in [-0.3, -0.25) is 9.80 Å². The molecule has 1 atom stereocenters. The van der Waals surface area contributed by atoms with Crippen molar-refractivity contribution in [3.05, 3.63) is 29.5 Å². The van der Waals surface area contributed by atoms with Crippen LogP contribution in [-0.4, -0.2) is 70.1 Å². The predicted octanol–water partition coefficient (Wildman–Crippen LogP) is 1.50. The van der Waals surface area contributed by atoms with Crippen LogP contribution in [0.25, 0.3) is 10.8 Å². The van der Waals surface area contributed by atoms with Crippen molar-refractivity contribution in [3.63, 3.8) is 0 Å². The average molecular weight is 367 g/mol. The third-order valence-electron chi connectivity index (χ3n) is 4.61. The summed E-state index contributed by atoms with van der Waals surface area (Å²) in [5, 5.41) is 6.49. The Morgan fingerprint density at radius 1 is 1.17 bits per heavy atom. The third-order valence-corrected chi connectivity index (χ3v) is 5.50. The molecule has 0 radical (unpaired) electrons. The summed E-state index contributed by atoms with van der Waals surface area (Å²) in [5.41, 5.74) is 1.14. The minimum absolute atomic E-state index is 0. The predicted molar refractivity (Wildman–Crippen MR) is 98.5 cm³/mol. The van der Waals surface area contributed by atoms with E-state index in [4.69, 9.17) is 4.98 Å². The van der Waals surface area contributed by atoms with Gasteiger partial charge < -0.3 is 5.32 Å². The van der Waals surface area contributed by atoms with Gasteiger partial charge in [-0.1, -0.05) is 0 Å². The topological polar surface area (TPSA) is 57.2 Å². The zero-order valence-electron chi connectivity index (χ0n) is 13.6. The van der Waals surface area contributed by atoms with Crippen LogP contribution in [-0.2, 0) is 6.54 Å². The molecule has 2 saturated heterocycles. The molecule has 0 aromatic carbocycles. The van der Waals surface area contributed by atoms with E-state index in [0.717, 1.165) is 42.7 Å². The summed E-state index contributed by atoms with van der Waals surface area (Å²) in [6.45, 7) is 7.89. The van der Waals surface area contributed by atoms with E-state index < -0.39 is 0 Å². The zero-order chi connectivity index (χ0) is 15.5. The monoisotopic (exact) mass is 366 g/mol. The van der Waals surface area contributed by atoms with Gasteiger partial charge in [-0.2, -0.15) is 0 Å². The van der Waals surface area contributed by atoms with Crippen molar-refractivity contribution in [1.29, 1.82) is 0 Å². The fourth-order valence-corrected chi connectivity index (χ4v) is 4.18. The second-order valence-electron chi connectivity index (χ2n) is 6.18. The molecule has 2 aromatic rings. The molecule has 0 amide bonds. The second-order valence-corrected chi connectivity index (χ2v) is 7.04. The Bertz CT molecular complexity index is 631. The molecule has 0 aliphatic carbocycles. The number of hydrogen-bond donors (Lipinski definition) is 1. The second kappa shape index (κ2) is 8.31.